The molecule has 0 amide bonds. The number of allylic oxidation sites excluding steroid dienone is 4. The average molecular weight is 900 g/mol. The van der Waals surface area contributed by atoms with Gasteiger partial charge in [0.15, 0.2) is 0 Å². The summed E-state index contributed by atoms with van der Waals surface area (Å²) in [5, 5.41) is 0. The average Bonchev–Trinajstić information content (AvgIpc) is 3.58. The second-order valence-electron chi connectivity index (χ2n) is 21.0. The topological polar surface area (TPSA) is 9.72 Å². The first-order valence-corrected chi connectivity index (χ1v) is 24.8. The molecule has 0 bridgehead atoms. The summed E-state index contributed by atoms with van der Waals surface area (Å²) < 4.78 is 0. The Bertz CT molecular complexity index is 3190. The Kier molecular flexibility index (Phi) is 11.6. The van der Waals surface area contributed by atoms with Gasteiger partial charge in [-0.25, -0.2) is 0 Å². The lowest BCUT2D eigenvalue weighted by Crippen LogP contribution is -2.38. The number of hydrogen-bond donors (Lipinski definition) is 0. The van der Waals surface area contributed by atoms with E-state index >= 15 is 0 Å². The van der Waals surface area contributed by atoms with Gasteiger partial charge < -0.3 is 14.7 Å². The van der Waals surface area contributed by atoms with Crippen molar-refractivity contribution in [3.63, 3.8) is 0 Å². The number of hydrogen-bond acceptors (Lipinski definition) is 3. The Morgan fingerprint density at radius 2 is 1.13 bits per heavy atom. The van der Waals surface area contributed by atoms with Gasteiger partial charge >= 0.3 is 0 Å². The molecule has 0 aromatic heterocycles. The molecule has 0 saturated heterocycles. The van der Waals surface area contributed by atoms with Crippen molar-refractivity contribution in [3.8, 4) is 11.1 Å². The van der Waals surface area contributed by atoms with Gasteiger partial charge in [-0.05, 0) is 135 Å². The van der Waals surface area contributed by atoms with Crippen LogP contribution in [-0.4, -0.2) is 6.04 Å². The van der Waals surface area contributed by atoms with Crippen LogP contribution < -0.4 is 14.7 Å². The van der Waals surface area contributed by atoms with Crippen molar-refractivity contribution in [2.24, 2.45) is 0 Å². The van der Waals surface area contributed by atoms with Crippen LogP contribution in [0.5, 0.6) is 0 Å². The Hall–Kier alpha value is -7.36. The van der Waals surface area contributed by atoms with E-state index in [1.807, 2.05) is 0 Å². The summed E-state index contributed by atoms with van der Waals surface area (Å²) in [6, 6.07) is 58.3. The number of benzene rings is 7. The van der Waals surface area contributed by atoms with Crippen molar-refractivity contribution < 1.29 is 0 Å². The third-order valence-corrected chi connectivity index (χ3v) is 14.8. The Morgan fingerprint density at radius 3 is 1.77 bits per heavy atom. The Labute approximate surface area is 411 Å². The predicted molar refractivity (Wildman–Crippen MR) is 298 cm³/mol. The molecule has 1 unspecified atom stereocenters. The fourth-order valence-corrected chi connectivity index (χ4v) is 11.2. The van der Waals surface area contributed by atoms with Crippen molar-refractivity contribution in [1.29, 1.82) is 0 Å². The predicted octanol–water partition coefficient (Wildman–Crippen LogP) is 18.0. The lowest BCUT2D eigenvalue weighted by molar-refractivity contribution is 0.588. The van der Waals surface area contributed by atoms with Crippen molar-refractivity contribution in [1.82, 2.24) is 0 Å². The fourth-order valence-electron chi connectivity index (χ4n) is 11.2. The van der Waals surface area contributed by atoms with Gasteiger partial charge in [-0.2, -0.15) is 0 Å². The van der Waals surface area contributed by atoms with E-state index in [1.165, 1.54) is 67.0 Å². The maximum atomic E-state index is 4.68. The smallest absolute Gasteiger partial charge is 0.0702 e. The molecule has 3 heteroatoms. The van der Waals surface area contributed by atoms with E-state index in [0.717, 1.165) is 40.4 Å². The lowest BCUT2D eigenvalue weighted by atomic mass is 9.73. The minimum atomic E-state index is -0.186. The molecule has 1 atom stereocenters. The third kappa shape index (κ3) is 7.98. The van der Waals surface area contributed by atoms with Gasteiger partial charge in [-0.3, -0.25) is 0 Å². The van der Waals surface area contributed by atoms with Gasteiger partial charge in [0.05, 0.1) is 23.1 Å². The van der Waals surface area contributed by atoms with Gasteiger partial charge in [0.1, 0.15) is 0 Å². The molecule has 0 spiro atoms. The largest absolute Gasteiger partial charge is 0.334 e. The first-order chi connectivity index (χ1) is 33.2. The number of rotatable bonds is 10. The molecule has 344 valence electrons. The second kappa shape index (κ2) is 17.6. The molecule has 0 saturated carbocycles. The number of nitrogens with zero attached hydrogens (tertiary/aromatic N) is 3. The summed E-state index contributed by atoms with van der Waals surface area (Å²) >= 11 is 0. The first-order valence-electron chi connectivity index (χ1n) is 24.8. The summed E-state index contributed by atoms with van der Waals surface area (Å²) in [7, 11) is 0. The maximum Gasteiger partial charge on any atom is 0.0702 e. The van der Waals surface area contributed by atoms with E-state index in [0.29, 0.717) is 0 Å². The molecule has 0 radical (unpaired) electrons. The molecule has 0 fully saturated rings. The molecule has 0 N–H and O–H groups in total. The zero-order valence-corrected chi connectivity index (χ0v) is 41.9. The summed E-state index contributed by atoms with van der Waals surface area (Å²) in [5.41, 5.74) is 21.9. The molecule has 10 rings (SSSR count). The molecule has 7 aromatic carbocycles. The molecule has 69 heavy (non-hydrogen) atoms. The van der Waals surface area contributed by atoms with Gasteiger partial charge in [0.25, 0.3) is 0 Å². The molecule has 2 heterocycles. The quantitative estimate of drug-likeness (QED) is 0.100. The minimum Gasteiger partial charge on any atom is -0.334 e. The molecular weight excluding hydrogens is 835 g/mol. The van der Waals surface area contributed by atoms with Crippen LogP contribution >= 0.6 is 0 Å². The van der Waals surface area contributed by atoms with E-state index in [-0.39, 0.29) is 22.3 Å². The summed E-state index contributed by atoms with van der Waals surface area (Å²) in [5.74, 6) is 0. The summed E-state index contributed by atoms with van der Waals surface area (Å²) in [6.45, 7) is 25.4. The van der Waals surface area contributed by atoms with Crippen molar-refractivity contribution >= 4 is 51.8 Å². The van der Waals surface area contributed by atoms with Gasteiger partial charge in [-0.15, -0.1) is 0 Å². The van der Waals surface area contributed by atoms with Crippen LogP contribution in [0.3, 0.4) is 0 Å². The zero-order chi connectivity index (χ0) is 48.2. The Morgan fingerprint density at radius 1 is 0.580 bits per heavy atom. The fraction of sp³-hybridized carbons (Fsp3) is 0.212. The van der Waals surface area contributed by atoms with Crippen LogP contribution in [0.4, 0.5) is 34.1 Å². The van der Waals surface area contributed by atoms with Crippen molar-refractivity contribution in [3.05, 3.63) is 245 Å². The number of anilines is 6. The molecule has 3 nitrogen and oxygen atoms in total. The van der Waals surface area contributed by atoms with Crippen LogP contribution in [0.25, 0.3) is 28.9 Å². The highest BCUT2D eigenvalue weighted by Crippen LogP contribution is 2.53. The molecule has 3 aliphatic rings. The molecule has 2 aliphatic heterocycles. The Balaban J connectivity index is 0.912. The lowest BCUT2D eigenvalue weighted by Gasteiger charge is -2.44. The van der Waals surface area contributed by atoms with Gasteiger partial charge in [-0.1, -0.05) is 202 Å². The standard InChI is InChI=1S/C66H65N3/c1-11-22-51-44-67(62-29-20-21-30-63(62)68(51)49-23-14-13-15-24-49)50-37-40-54-53-39-35-47(42-58(53)66(9,10)59(54)43-50)33-32-46-34-38-52(57(41-46)64(4,5)6)45(3)31-36-48(12-2)69-60-27-18-16-25-55(60)65(7,8)56-26-17-19-28-61(56)69/h11,13-44,48H,3,12H2,1-2,4-10H3/b22-11-,33-32+,36-31-. The number of para-hydroxylation sites is 5. The summed E-state index contributed by atoms with van der Waals surface area (Å²) in [4.78, 5) is 7.25. The molecule has 1 aliphatic carbocycles. The van der Waals surface area contributed by atoms with Crippen molar-refractivity contribution in [2.75, 3.05) is 14.7 Å². The van der Waals surface area contributed by atoms with E-state index in [1.54, 1.807) is 0 Å². The van der Waals surface area contributed by atoms with Crippen molar-refractivity contribution in [2.45, 2.75) is 91.0 Å². The zero-order valence-electron chi connectivity index (χ0n) is 41.9. The van der Waals surface area contributed by atoms with E-state index < -0.39 is 0 Å². The van der Waals surface area contributed by atoms with Gasteiger partial charge in [0, 0.05) is 39.8 Å². The van der Waals surface area contributed by atoms with E-state index in [9.17, 15) is 0 Å². The minimum absolute atomic E-state index is 0.0787. The van der Waals surface area contributed by atoms with E-state index in [2.05, 4.69) is 284 Å². The highest BCUT2D eigenvalue weighted by Gasteiger charge is 2.39. The van der Waals surface area contributed by atoms with E-state index in [4.69, 9.17) is 0 Å². The maximum absolute atomic E-state index is 4.68. The third-order valence-electron chi connectivity index (χ3n) is 14.8. The van der Waals surface area contributed by atoms with Crippen LogP contribution in [0.2, 0.25) is 0 Å². The van der Waals surface area contributed by atoms with Crippen LogP contribution in [0.15, 0.2) is 201 Å². The highest BCUT2D eigenvalue weighted by atomic mass is 15.3. The normalized spacial score (nSPS) is 16.0. The van der Waals surface area contributed by atoms with Crippen LogP contribution in [0, 0.1) is 0 Å². The SMILES string of the molecule is C=C(/C=C\C(CC)N1c2ccccc2C(C)(C)c2ccccc21)c1ccc(/C=C/c2ccc3c(c2)C(C)(C)c2cc(N4C=C(/C=C\C)N(c5ccccc5)c5ccccc54)ccc2-3)cc1C(C)(C)C. The van der Waals surface area contributed by atoms with Crippen LogP contribution in [-0.2, 0) is 16.2 Å². The molecular formula is C66H65N3. The first kappa shape index (κ1) is 45.4. The monoisotopic (exact) mass is 900 g/mol. The highest BCUT2D eigenvalue weighted by molar-refractivity contribution is 5.91. The summed E-state index contributed by atoms with van der Waals surface area (Å²) in [6.07, 6.45) is 16.7. The van der Waals surface area contributed by atoms with Gasteiger partial charge in [0.2, 0.25) is 0 Å². The van der Waals surface area contributed by atoms with Crippen LogP contribution in [0.1, 0.15) is 113 Å². The number of fused-ring (bicyclic) bond motifs is 6. The second-order valence-corrected chi connectivity index (χ2v) is 21.0. The molecule has 7 aromatic rings.